The van der Waals surface area contributed by atoms with Crippen molar-refractivity contribution in [3.63, 3.8) is 0 Å². The summed E-state index contributed by atoms with van der Waals surface area (Å²) < 4.78 is 27.7. The van der Waals surface area contributed by atoms with Gasteiger partial charge in [0.2, 0.25) is 15.9 Å². The monoisotopic (exact) mass is 315 g/mol. The quantitative estimate of drug-likeness (QED) is 0.776. The first-order valence-corrected chi connectivity index (χ1v) is 8.87. The fourth-order valence-corrected chi connectivity index (χ4v) is 5.26. The third kappa shape index (κ3) is 2.66. The van der Waals surface area contributed by atoms with E-state index in [-0.39, 0.29) is 23.9 Å². The lowest BCUT2D eigenvalue weighted by Crippen LogP contribution is -2.61. The lowest BCUT2D eigenvalue weighted by atomic mass is 9.81. The van der Waals surface area contributed by atoms with Gasteiger partial charge in [0, 0.05) is 18.6 Å². The van der Waals surface area contributed by atoms with Gasteiger partial charge in [0.25, 0.3) is 0 Å². The number of imide groups is 1. The lowest BCUT2D eigenvalue weighted by molar-refractivity contribution is -0.129. The molecule has 2 aliphatic carbocycles. The molecule has 1 aliphatic heterocycles. The predicted molar refractivity (Wildman–Crippen MR) is 75.9 cm³/mol. The van der Waals surface area contributed by atoms with Gasteiger partial charge in [-0.15, -0.1) is 0 Å². The normalized spacial score (nSPS) is 35.1. The summed E-state index contributed by atoms with van der Waals surface area (Å²) in [5, 5.41) is 1.74. The number of nitrogens with one attached hydrogen (secondary N) is 2. The first kappa shape index (κ1) is 14.8. The molecule has 1 saturated heterocycles. The zero-order valence-electron chi connectivity index (χ0n) is 12.3. The standard InChI is InChI=1S/C13H21N3O4S/c1-13(5-6-13)15-21(19,20)8-3-4-10-9(7-8)11(17)14-12(18)16(10)2/h8-10,15H,3-7H2,1-2H3,(H,14,17,18). The smallest absolute Gasteiger partial charge is 0.324 e. The summed E-state index contributed by atoms with van der Waals surface area (Å²) in [6.07, 6.45) is 3.03. The largest absolute Gasteiger partial charge is 0.324 e. The Morgan fingerprint density at radius 2 is 1.95 bits per heavy atom. The Kier molecular flexibility index (Phi) is 3.29. The lowest BCUT2D eigenvalue weighted by Gasteiger charge is -2.43. The number of carbonyl (C=O) groups excluding carboxylic acids is 2. The van der Waals surface area contributed by atoms with Crippen LogP contribution in [-0.2, 0) is 14.8 Å². The van der Waals surface area contributed by atoms with Crippen LogP contribution >= 0.6 is 0 Å². The molecule has 3 rings (SSSR count). The molecule has 0 aromatic heterocycles. The topological polar surface area (TPSA) is 95.6 Å². The molecule has 21 heavy (non-hydrogen) atoms. The van der Waals surface area contributed by atoms with Gasteiger partial charge >= 0.3 is 6.03 Å². The van der Waals surface area contributed by atoms with Crippen molar-refractivity contribution in [3.8, 4) is 0 Å². The van der Waals surface area contributed by atoms with Crippen LogP contribution in [0.3, 0.4) is 0 Å². The molecule has 2 N–H and O–H groups in total. The maximum absolute atomic E-state index is 12.4. The summed E-state index contributed by atoms with van der Waals surface area (Å²) in [5.74, 6) is -0.782. The molecule has 1 heterocycles. The van der Waals surface area contributed by atoms with E-state index in [0.717, 1.165) is 12.8 Å². The number of fused-ring (bicyclic) bond motifs is 1. The second-order valence-corrected chi connectivity index (χ2v) is 8.68. The third-order valence-corrected chi connectivity index (χ3v) is 7.06. The Morgan fingerprint density at radius 1 is 1.29 bits per heavy atom. The average Bonchev–Trinajstić information content (AvgIpc) is 3.12. The first-order valence-electron chi connectivity index (χ1n) is 7.32. The van der Waals surface area contributed by atoms with E-state index in [0.29, 0.717) is 12.8 Å². The molecule has 118 valence electrons. The number of hydrogen-bond donors (Lipinski definition) is 2. The highest BCUT2D eigenvalue weighted by atomic mass is 32.2. The van der Waals surface area contributed by atoms with Crippen LogP contribution in [-0.4, -0.2) is 49.1 Å². The van der Waals surface area contributed by atoms with Crippen molar-refractivity contribution in [2.45, 2.75) is 55.9 Å². The van der Waals surface area contributed by atoms with Crippen LogP contribution < -0.4 is 10.0 Å². The number of rotatable bonds is 3. The van der Waals surface area contributed by atoms with Crippen molar-refractivity contribution >= 4 is 22.0 Å². The molecule has 0 aromatic carbocycles. The molecule has 3 amide bonds. The third-order valence-electron chi connectivity index (χ3n) is 4.98. The Balaban J connectivity index is 1.74. The predicted octanol–water partition coefficient (Wildman–Crippen LogP) is 0.177. The van der Waals surface area contributed by atoms with Gasteiger partial charge in [-0.25, -0.2) is 17.9 Å². The van der Waals surface area contributed by atoms with E-state index in [1.807, 2.05) is 6.92 Å². The zero-order chi connectivity index (χ0) is 15.4. The fourth-order valence-electron chi connectivity index (χ4n) is 3.30. The molecule has 3 atom stereocenters. The van der Waals surface area contributed by atoms with Gasteiger partial charge < -0.3 is 4.90 Å². The maximum atomic E-state index is 12.4. The van der Waals surface area contributed by atoms with Crippen molar-refractivity contribution in [1.82, 2.24) is 14.9 Å². The highest BCUT2D eigenvalue weighted by molar-refractivity contribution is 7.90. The fraction of sp³-hybridized carbons (Fsp3) is 0.846. The summed E-state index contributed by atoms with van der Waals surface area (Å²) in [5.41, 5.74) is -0.294. The van der Waals surface area contributed by atoms with Gasteiger partial charge in [0.1, 0.15) is 0 Å². The van der Waals surface area contributed by atoms with Crippen LogP contribution in [0.2, 0.25) is 0 Å². The molecule has 0 spiro atoms. The SMILES string of the molecule is CN1C(=O)NC(=O)C2CC(S(=O)(=O)NC3(C)CC3)CCC21. The molecule has 0 radical (unpaired) electrons. The summed E-state index contributed by atoms with van der Waals surface area (Å²) in [7, 11) is -1.77. The van der Waals surface area contributed by atoms with Crippen molar-refractivity contribution < 1.29 is 18.0 Å². The van der Waals surface area contributed by atoms with Crippen LogP contribution in [0.1, 0.15) is 39.0 Å². The molecule has 7 nitrogen and oxygen atoms in total. The summed E-state index contributed by atoms with van der Waals surface area (Å²) >= 11 is 0. The highest BCUT2D eigenvalue weighted by Crippen LogP contribution is 2.38. The summed E-state index contributed by atoms with van der Waals surface area (Å²) in [6, 6.07) is -0.583. The van der Waals surface area contributed by atoms with Crippen LogP contribution in [0.15, 0.2) is 0 Å². The Hall–Kier alpha value is -1.15. The molecule has 2 saturated carbocycles. The van der Waals surface area contributed by atoms with Crippen molar-refractivity contribution in [2.75, 3.05) is 7.05 Å². The molecule has 8 heteroatoms. The van der Waals surface area contributed by atoms with Gasteiger partial charge in [-0.1, -0.05) is 0 Å². The molecular formula is C13H21N3O4S. The van der Waals surface area contributed by atoms with Crippen molar-refractivity contribution in [2.24, 2.45) is 5.92 Å². The molecule has 3 aliphatic rings. The van der Waals surface area contributed by atoms with E-state index < -0.39 is 27.2 Å². The van der Waals surface area contributed by atoms with Crippen LogP contribution in [0, 0.1) is 5.92 Å². The van der Waals surface area contributed by atoms with E-state index in [2.05, 4.69) is 10.0 Å². The first-order chi connectivity index (χ1) is 9.72. The zero-order valence-corrected chi connectivity index (χ0v) is 13.1. The van der Waals surface area contributed by atoms with Gasteiger partial charge in [0.05, 0.1) is 11.2 Å². The highest BCUT2D eigenvalue weighted by Gasteiger charge is 2.48. The number of amides is 3. The van der Waals surface area contributed by atoms with E-state index in [1.165, 1.54) is 4.90 Å². The average molecular weight is 315 g/mol. The van der Waals surface area contributed by atoms with Gasteiger partial charge in [-0.2, -0.15) is 0 Å². The number of carbonyl (C=O) groups is 2. The van der Waals surface area contributed by atoms with E-state index in [1.54, 1.807) is 7.05 Å². The van der Waals surface area contributed by atoms with E-state index in [4.69, 9.17) is 0 Å². The number of nitrogens with zero attached hydrogens (tertiary/aromatic N) is 1. The number of hydrogen-bond acceptors (Lipinski definition) is 4. The maximum Gasteiger partial charge on any atom is 0.324 e. The Morgan fingerprint density at radius 3 is 2.57 bits per heavy atom. The molecular weight excluding hydrogens is 294 g/mol. The van der Waals surface area contributed by atoms with Crippen LogP contribution in [0.5, 0.6) is 0 Å². The molecule has 0 bridgehead atoms. The Labute approximate surface area is 124 Å². The second kappa shape index (κ2) is 4.67. The number of sulfonamides is 1. The minimum Gasteiger partial charge on any atom is -0.324 e. The van der Waals surface area contributed by atoms with Gasteiger partial charge in [-0.3, -0.25) is 10.1 Å². The molecule has 3 unspecified atom stereocenters. The number of urea groups is 1. The summed E-state index contributed by atoms with van der Waals surface area (Å²) in [4.78, 5) is 25.1. The Bertz CT molecular complexity index is 584. The van der Waals surface area contributed by atoms with Crippen molar-refractivity contribution in [3.05, 3.63) is 0 Å². The van der Waals surface area contributed by atoms with Gasteiger partial charge in [0.15, 0.2) is 0 Å². The van der Waals surface area contributed by atoms with E-state index >= 15 is 0 Å². The van der Waals surface area contributed by atoms with Crippen LogP contribution in [0.25, 0.3) is 0 Å². The van der Waals surface area contributed by atoms with Crippen LogP contribution in [0.4, 0.5) is 4.79 Å². The van der Waals surface area contributed by atoms with Gasteiger partial charge in [-0.05, 0) is 39.0 Å². The summed E-state index contributed by atoms with van der Waals surface area (Å²) in [6.45, 7) is 1.90. The van der Waals surface area contributed by atoms with Crippen molar-refractivity contribution in [1.29, 1.82) is 0 Å². The minimum absolute atomic E-state index is 0.186. The minimum atomic E-state index is -3.42. The second-order valence-electron chi connectivity index (χ2n) is 6.72. The van der Waals surface area contributed by atoms with E-state index in [9.17, 15) is 18.0 Å². The molecule has 3 fully saturated rings. The molecule has 0 aromatic rings.